The second-order valence-corrected chi connectivity index (χ2v) is 7.39. The molecule has 0 unspecified atom stereocenters. The van der Waals surface area contributed by atoms with Crippen molar-refractivity contribution in [3.8, 4) is 34.0 Å². The van der Waals surface area contributed by atoms with Crippen LogP contribution in [0.25, 0.3) is 34.0 Å². The molecule has 0 atom stereocenters. The molecule has 0 saturated carbocycles. The molecule has 0 aliphatic rings. The fourth-order valence-electron chi connectivity index (χ4n) is 3.19. The van der Waals surface area contributed by atoms with Gasteiger partial charge >= 0.3 is 0 Å². The Labute approximate surface area is 171 Å². The van der Waals surface area contributed by atoms with E-state index in [9.17, 15) is 0 Å². The van der Waals surface area contributed by atoms with Crippen LogP contribution in [0.5, 0.6) is 0 Å². The first-order chi connectivity index (χ1) is 14.1. The lowest BCUT2D eigenvalue weighted by molar-refractivity contribution is 0.346. The van der Waals surface area contributed by atoms with Crippen molar-refractivity contribution < 1.29 is 4.52 Å². The van der Waals surface area contributed by atoms with Gasteiger partial charge in [-0.15, -0.1) is 0 Å². The lowest BCUT2D eigenvalue weighted by Crippen LogP contribution is -2.16. The van der Waals surface area contributed by atoms with Gasteiger partial charge < -0.3 is 9.42 Å². The Kier molecular flexibility index (Phi) is 5.54. The zero-order valence-corrected chi connectivity index (χ0v) is 17.1. The number of hydrogen-bond acceptors (Lipinski definition) is 4. The summed E-state index contributed by atoms with van der Waals surface area (Å²) in [6, 6.07) is 25.1. The Morgan fingerprint density at radius 1 is 0.759 bits per heavy atom. The van der Waals surface area contributed by atoms with Crippen LogP contribution >= 0.6 is 0 Å². The molecule has 0 spiro atoms. The first-order valence-corrected chi connectivity index (χ1v) is 9.91. The molecule has 0 aliphatic carbocycles. The van der Waals surface area contributed by atoms with Gasteiger partial charge in [0.2, 0.25) is 5.82 Å². The van der Waals surface area contributed by atoms with Crippen LogP contribution in [-0.4, -0.2) is 28.6 Å². The molecule has 4 nitrogen and oxygen atoms in total. The smallest absolute Gasteiger partial charge is 0.258 e. The average Bonchev–Trinajstić information content (AvgIpc) is 3.25. The molecular formula is C25H25N3O. The van der Waals surface area contributed by atoms with Gasteiger partial charge in [-0.3, -0.25) is 0 Å². The SMILES string of the molecule is CCN(C)Cc1ccc(-c2noc(-c3ccc(-c4ccc(C)cc4)cc3)n2)cc1. The van der Waals surface area contributed by atoms with E-state index in [-0.39, 0.29) is 0 Å². The topological polar surface area (TPSA) is 42.2 Å². The van der Waals surface area contributed by atoms with Crippen LogP contribution in [0.2, 0.25) is 0 Å². The zero-order valence-electron chi connectivity index (χ0n) is 17.1. The summed E-state index contributed by atoms with van der Waals surface area (Å²) in [6.07, 6.45) is 0. The average molecular weight is 383 g/mol. The third-order valence-electron chi connectivity index (χ3n) is 5.15. The molecule has 0 aliphatic heterocycles. The first-order valence-electron chi connectivity index (χ1n) is 9.91. The van der Waals surface area contributed by atoms with Crippen LogP contribution in [0.3, 0.4) is 0 Å². The van der Waals surface area contributed by atoms with Crippen LogP contribution < -0.4 is 0 Å². The summed E-state index contributed by atoms with van der Waals surface area (Å²) in [5.41, 5.74) is 6.77. The fraction of sp³-hybridized carbons (Fsp3) is 0.200. The highest BCUT2D eigenvalue weighted by Crippen LogP contribution is 2.26. The van der Waals surface area contributed by atoms with Crippen LogP contribution in [0, 0.1) is 6.92 Å². The summed E-state index contributed by atoms with van der Waals surface area (Å²) < 4.78 is 5.51. The molecule has 0 amide bonds. The van der Waals surface area contributed by atoms with Gasteiger partial charge in [-0.1, -0.05) is 78.3 Å². The van der Waals surface area contributed by atoms with Crippen molar-refractivity contribution in [2.24, 2.45) is 0 Å². The van der Waals surface area contributed by atoms with E-state index in [0.717, 1.165) is 24.2 Å². The number of rotatable bonds is 6. The summed E-state index contributed by atoms with van der Waals surface area (Å²) in [4.78, 5) is 6.85. The summed E-state index contributed by atoms with van der Waals surface area (Å²) in [6.45, 7) is 6.21. The third-order valence-corrected chi connectivity index (χ3v) is 5.15. The predicted molar refractivity (Wildman–Crippen MR) is 117 cm³/mol. The highest BCUT2D eigenvalue weighted by atomic mass is 16.5. The van der Waals surface area contributed by atoms with Crippen molar-refractivity contribution in [1.82, 2.24) is 15.0 Å². The molecule has 3 aromatic carbocycles. The van der Waals surface area contributed by atoms with Crippen LogP contribution in [0.4, 0.5) is 0 Å². The maximum atomic E-state index is 5.51. The minimum atomic E-state index is 0.533. The Morgan fingerprint density at radius 3 is 1.93 bits per heavy atom. The molecule has 29 heavy (non-hydrogen) atoms. The molecule has 0 saturated heterocycles. The highest BCUT2D eigenvalue weighted by molar-refractivity contribution is 5.68. The molecule has 0 radical (unpaired) electrons. The van der Waals surface area contributed by atoms with Gasteiger partial charge in [0.1, 0.15) is 0 Å². The van der Waals surface area contributed by atoms with Gasteiger partial charge in [-0.2, -0.15) is 4.98 Å². The first kappa shape index (κ1) is 19.1. The van der Waals surface area contributed by atoms with E-state index in [4.69, 9.17) is 4.52 Å². The second-order valence-electron chi connectivity index (χ2n) is 7.39. The summed E-state index contributed by atoms with van der Waals surface area (Å²) in [5, 5.41) is 4.16. The molecule has 4 rings (SSSR count). The fourth-order valence-corrected chi connectivity index (χ4v) is 3.19. The zero-order chi connectivity index (χ0) is 20.2. The maximum absolute atomic E-state index is 5.51. The minimum absolute atomic E-state index is 0.533. The Bertz CT molecular complexity index is 1060. The van der Waals surface area contributed by atoms with Gasteiger partial charge in [0.05, 0.1) is 0 Å². The number of aryl methyl sites for hydroxylation is 1. The van der Waals surface area contributed by atoms with Crippen LogP contribution in [0.1, 0.15) is 18.1 Å². The molecule has 0 bridgehead atoms. The molecule has 4 aromatic rings. The van der Waals surface area contributed by atoms with E-state index in [0.29, 0.717) is 11.7 Å². The Morgan fingerprint density at radius 2 is 1.31 bits per heavy atom. The van der Waals surface area contributed by atoms with Crippen molar-refractivity contribution in [2.45, 2.75) is 20.4 Å². The molecule has 0 N–H and O–H groups in total. The molecule has 0 fully saturated rings. The van der Waals surface area contributed by atoms with E-state index >= 15 is 0 Å². The molecule has 146 valence electrons. The van der Waals surface area contributed by atoms with Crippen molar-refractivity contribution >= 4 is 0 Å². The van der Waals surface area contributed by atoms with Gasteiger partial charge in [-0.05, 0) is 49.3 Å². The number of hydrogen-bond donors (Lipinski definition) is 0. The number of aromatic nitrogens is 2. The van der Waals surface area contributed by atoms with E-state index in [1.807, 2.05) is 24.3 Å². The van der Waals surface area contributed by atoms with E-state index in [1.54, 1.807) is 0 Å². The lowest BCUT2D eigenvalue weighted by atomic mass is 10.0. The molecule has 4 heteroatoms. The summed E-state index contributed by atoms with van der Waals surface area (Å²) in [7, 11) is 2.11. The summed E-state index contributed by atoms with van der Waals surface area (Å²) in [5.74, 6) is 1.14. The van der Waals surface area contributed by atoms with E-state index in [2.05, 4.69) is 84.5 Å². The normalized spacial score (nSPS) is 11.2. The van der Waals surface area contributed by atoms with Crippen LogP contribution in [0.15, 0.2) is 77.3 Å². The second kappa shape index (κ2) is 8.41. The van der Waals surface area contributed by atoms with Crippen LogP contribution in [-0.2, 0) is 6.54 Å². The third kappa shape index (κ3) is 4.44. The van der Waals surface area contributed by atoms with Gasteiger partial charge in [0.25, 0.3) is 5.89 Å². The summed E-state index contributed by atoms with van der Waals surface area (Å²) >= 11 is 0. The predicted octanol–water partition coefficient (Wildman–Crippen LogP) is 5.83. The number of benzene rings is 3. The molecule has 1 heterocycles. The molecular weight excluding hydrogens is 358 g/mol. The van der Waals surface area contributed by atoms with Crippen molar-refractivity contribution in [3.63, 3.8) is 0 Å². The lowest BCUT2D eigenvalue weighted by Gasteiger charge is -2.13. The minimum Gasteiger partial charge on any atom is -0.334 e. The number of nitrogens with zero attached hydrogens (tertiary/aromatic N) is 3. The molecule has 1 aromatic heterocycles. The quantitative estimate of drug-likeness (QED) is 0.420. The Hall–Kier alpha value is -3.24. The van der Waals surface area contributed by atoms with Gasteiger partial charge in [-0.25, -0.2) is 0 Å². The maximum Gasteiger partial charge on any atom is 0.258 e. The van der Waals surface area contributed by atoms with E-state index in [1.165, 1.54) is 22.3 Å². The van der Waals surface area contributed by atoms with Crippen molar-refractivity contribution in [3.05, 3.63) is 83.9 Å². The van der Waals surface area contributed by atoms with Gasteiger partial charge in [0.15, 0.2) is 0 Å². The van der Waals surface area contributed by atoms with E-state index < -0.39 is 0 Å². The van der Waals surface area contributed by atoms with Crippen molar-refractivity contribution in [1.29, 1.82) is 0 Å². The monoisotopic (exact) mass is 383 g/mol. The van der Waals surface area contributed by atoms with Gasteiger partial charge in [0, 0.05) is 17.7 Å². The van der Waals surface area contributed by atoms with Crippen molar-refractivity contribution in [2.75, 3.05) is 13.6 Å². The highest BCUT2D eigenvalue weighted by Gasteiger charge is 2.11. The Balaban J connectivity index is 1.50. The standard InChI is InChI=1S/C25H25N3O/c1-4-28(3)17-19-7-11-22(12-8-19)24-26-25(29-27-24)23-15-13-21(14-16-23)20-9-5-18(2)6-10-20/h5-16H,4,17H2,1-3H3. The largest absolute Gasteiger partial charge is 0.334 e.